The molecule has 2 aromatic carbocycles. The van der Waals surface area contributed by atoms with E-state index in [4.69, 9.17) is 34.8 Å². The topological polar surface area (TPSA) is 101 Å². The standard InChI is InChI=1S/C18H16Cl3N3O4/c1-9(2)16(18(26)22-14-8-11(19)4-6-12(14)20)23-17(25)10-3-5-13(21)15(7-10)24(27)28/h3-9,16H,1-2H3,(H,22,26)(H,23,25)/t16-/m0/s1. The van der Waals surface area contributed by atoms with Crippen LogP contribution in [0.25, 0.3) is 0 Å². The summed E-state index contributed by atoms with van der Waals surface area (Å²) in [6.07, 6.45) is 0. The molecular weight excluding hydrogens is 429 g/mol. The largest absolute Gasteiger partial charge is 0.340 e. The third-order valence-corrected chi connectivity index (χ3v) is 4.71. The molecule has 2 aromatic rings. The van der Waals surface area contributed by atoms with Crippen LogP contribution in [0.4, 0.5) is 11.4 Å². The van der Waals surface area contributed by atoms with Crippen molar-refractivity contribution in [2.24, 2.45) is 5.92 Å². The van der Waals surface area contributed by atoms with E-state index in [0.717, 1.165) is 6.07 Å². The molecule has 0 spiro atoms. The van der Waals surface area contributed by atoms with Gasteiger partial charge in [0, 0.05) is 16.7 Å². The van der Waals surface area contributed by atoms with Crippen LogP contribution >= 0.6 is 34.8 Å². The van der Waals surface area contributed by atoms with E-state index in [1.807, 2.05) is 0 Å². The Labute approximate surface area is 176 Å². The number of carbonyl (C=O) groups is 2. The average molecular weight is 445 g/mol. The second kappa shape index (κ2) is 9.23. The zero-order valence-corrected chi connectivity index (χ0v) is 17.1. The Morgan fingerprint density at radius 1 is 1.04 bits per heavy atom. The van der Waals surface area contributed by atoms with Crippen LogP contribution in [0.5, 0.6) is 0 Å². The van der Waals surface area contributed by atoms with Gasteiger partial charge >= 0.3 is 0 Å². The van der Waals surface area contributed by atoms with E-state index in [1.165, 1.54) is 24.3 Å². The van der Waals surface area contributed by atoms with Crippen molar-refractivity contribution in [2.75, 3.05) is 5.32 Å². The Bertz CT molecular complexity index is 934. The Hall–Kier alpha value is -2.35. The number of carbonyl (C=O) groups excluding carboxylic acids is 2. The molecule has 0 bridgehead atoms. The SMILES string of the molecule is CC(C)[C@H](NC(=O)c1ccc(Cl)c([N+](=O)[O-])c1)C(=O)Nc1cc(Cl)ccc1Cl. The third kappa shape index (κ3) is 5.34. The van der Waals surface area contributed by atoms with Crippen molar-refractivity contribution in [1.82, 2.24) is 5.32 Å². The first-order chi connectivity index (χ1) is 13.1. The van der Waals surface area contributed by atoms with Crippen molar-refractivity contribution in [3.8, 4) is 0 Å². The molecule has 0 radical (unpaired) electrons. The first-order valence-electron chi connectivity index (χ1n) is 8.11. The summed E-state index contributed by atoms with van der Waals surface area (Å²) in [6, 6.07) is 7.34. The molecular formula is C18H16Cl3N3O4. The first kappa shape index (κ1) is 21.9. The van der Waals surface area contributed by atoms with Crippen LogP contribution in [0, 0.1) is 16.0 Å². The maximum atomic E-state index is 12.7. The molecule has 10 heteroatoms. The molecule has 0 aromatic heterocycles. The van der Waals surface area contributed by atoms with Crippen molar-refractivity contribution in [1.29, 1.82) is 0 Å². The zero-order chi connectivity index (χ0) is 21.0. The highest BCUT2D eigenvalue weighted by Crippen LogP contribution is 2.27. The molecule has 0 saturated heterocycles. The van der Waals surface area contributed by atoms with Gasteiger partial charge in [-0.05, 0) is 36.2 Å². The van der Waals surface area contributed by atoms with Crippen LogP contribution in [-0.2, 0) is 4.79 Å². The molecule has 148 valence electrons. The maximum Gasteiger partial charge on any atom is 0.288 e. The van der Waals surface area contributed by atoms with Crippen LogP contribution in [-0.4, -0.2) is 22.8 Å². The number of nitrogens with one attached hydrogen (secondary N) is 2. The molecule has 0 aliphatic carbocycles. The second-order valence-electron chi connectivity index (χ2n) is 6.23. The highest BCUT2D eigenvalue weighted by molar-refractivity contribution is 6.35. The van der Waals surface area contributed by atoms with Gasteiger partial charge in [-0.25, -0.2) is 0 Å². The summed E-state index contributed by atoms with van der Waals surface area (Å²) in [5, 5.41) is 16.8. The fourth-order valence-corrected chi connectivity index (χ4v) is 2.88. The lowest BCUT2D eigenvalue weighted by atomic mass is 10.0. The molecule has 0 saturated carbocycles. The number of nitrogens with zero attached hydrogens (tertiary/aromatic N) is 1. The molecule has 0 aliphatic heterocycles. The predicted octanol–water partition coefficient (Wildman–Crippen LogP) is 4.95. The van der Waals surface area contributed by atoms with E-state index in [9.17, 15) is 19.7 Å². The molecule has 1 atom stereocenters. The number of hydrogen-bond acceptors (Lipinski definition) is 4. The summed E-state index contributed by atoms with van der Waals surface area (Å²) in [4.78, 5) is 35.5. The predicted molar refractivity (Wildman–Crippen MR) is 109 cm³/mol. The van der Waals surface area contributed by atoms with Crippen molar-refractivity contribution >= 4 is 58.0 Å². The molecule has 0 heterocycles. The number of nitro groups is 1. The van der Waals surface area contributed by atoms with Crippen LogP contribution in [0.1, 0.15) is 24.2 Å². The summed E-state index contributed by atoms with van der Waals surface area (Å²) in [6.45, 7) is 3.49. The van der Waals surface area contributed by atoms with Gasteiger partial charge in [0.1, 0.15) is 11.1 Å². The smallest absolute Gasteiger partial charge is 0.288 e. The minimum Gasteiger partial charge on any atom is -0.340 e. The van der Waals surface area contributed by atoms with Crippen LogP contribution in [0.3, 0.4) is 0 Å². The Morgan fingerprint density at radius 2 is 1.68 bits per heavy atom. The molecule has 2 amide bonds. The summed E-state index contributed by atoms with van der Waals surface area (Å²) >= 11 is 17.7. The zero-order valence-electron chi connectivity index (χ0n) is 14.8. The van der Waals surface area contributed by atoms with Gasteiger partial charge < -0.3 is 10.6 Å². The van der Waals surface area contributed by atoms with Gasteiger partial charge in [-0.1, -0.05) is 48.7 Å². The Morgan fingerprint density at radius 3 is 2.29 bits per heavy atom. The van der Waals surface area contributed by atoms with Crippen molar-refractivity contribution in [3.63, 3.8) is 0 Å². The fourth-order valence-electron chi connectivity index (χ4n) is 2.36. The number of anilines is 1. The van der Waals surface area contributed by atoms with Gasteiger partial charge in [0.25, 0.3) is 11.6 Å². The van der Waals surface area contributed by atoms with Gasteiger partial charge in [-0.2, -0.15) is 0 Å². The van der Waals surface area contributed by atoms with Crippen molar-refractivity contribution < 1.29 is 14.5 Å². The highest BCUT2D eigenvalue weighted by Gasteiger charge is 2.26. The van der Waals surface area contributed by atoms with E-state index in [0.29, 0.717) is 15.7 Å². The van der Waals surface area contributed by atoms with E-state index in [-0.39, 0.29) is 16.5 Å². The molecule has 0 fully saturated rings. The van der Waals surface area contributed by atoms with E-state index in [2.05, 4.69) is 10.6 Å². The number of hydrogen-bond donors (Lipinski definition) is 2. The van der Waals surface area contributed by atoms with Crippen LogP contribution in [0.2, 0.25) is 15.1 Å². The van der Waals surface area contributed by atoms with Gasteiger partial charge in [-0.3, -0.25) is 19.7 Å². The highest BCUT2D eigenvalue weighted by atomic mass is 35.5. The van der Waals surface area contributed by atoms with Crippen LogP contribution < -0.4 is 10.6 Å². The summed E-state index contributed by atoms with van der Waals surface area (Å²) in [5.41, 5.74) is -0.0814. The monoisotopic (exact) mass is 443 g/mol. The lowest BCUT2D eigenvalue weighted by Gasteiger charge is -2.22. The van der Waals surface area contributed by atoms with Gasteiger partial charge in [0.2, 0.25) is 5.91 Å². The average Bonchev–Trinajstić information content (AvgIpc) is 2.62. The van der Waals surface area contributed by atoms with Gasteiger partial charge in [0.05, 0.1) is 15.6 Å². The molecule has 2 rings (SSSR count). The van der Waals surface area contributed by atoms with E-state index < -0.39 is 28.5 Å². The van der Waals surface area contributed by atoms with E-state index in [1.54, 1.807) is 19.9 Å². The lowest BCUT2D eigenvalue weighted by molar-refractivity contribution is -0.384. The van der Waals surface area contributed by atoms with Crippen molar-refractivity contribution in [2.45, 2.75) is 19.9 Å². The minimum atomic E-state index is -0.919. The number of benzene rings is 2. The first-order valence-corrected chi connectivity index (χ1v) is 9.24. The molecule has 0 aliphatic rings. The Kier molecular flexibility index (Phi) is 7.23. The maximum absolute atomic E-state index is 12.7. The fraction of sp³-hybridized carbons (Fsp3) is 0.222. The summed E-state index contributed by atoms with van der Waals surface area (Å²) in [7, 11) is 0. The molecule has 2 N–H and O–H groups in total. The van der Waals surface area contributed by atoms with E-state index >= 15 is 0 Å². The Balaban J connectivity index is 2.21. The number of halogens is 3. The number of nitro benzene ring substituents is 1. The van der Waals surface area contributed by atoms with Gasteiger partial charge in [-0.15, -0.1) is 0 Å². The van der Waals surface area contributed by atoms with Gasteiger partial charge in [0.15, 0.2) is 0 Å². The number of rotatable bonds is 6. The second-order valence-corrected chi connectivity index (χ2v) is 7.48. The molecule has 28 heavy (non-hydrogen) atoms. The number of amides is 2. The third-order valence-electron chi connectivity index (χ3n) is 3.83. The molecule has 7 nitrogen and oxygen atoms in total. The normalized spacial score (nSPS) is 11.8. The quantitative estimate of drug-likeness (QED) is 0.486. The lowest BCUT2D eigenvalue weighted by Crippen LogP contribution is -2.47. The molecule has 0 unspecified atom stereocenters. The minimum absolute atomic E-state index is 0.00957. The summed E-state index contributed by atoms with van der Waals surface area (Å²) in [5.74, 6) is -1.43. The van der Waals surface area contributed by atoms with Crippen molar-refractivity contribution in [3.05, 3.63) is 67.1 Å². The summed E-state index contributed by atoms with van der Waals surface area (Å²) < 4.78 is 0. The van der Waals surface area contributed by atoms with Crippen LogP contribution in [0.15, 0.2) is 36.4 Å².